The molecule has 24 heavy (non-hydrogen) atoms. The van der Waals surface area contributed by atoms with E-state index >= 15 is 0 Å². The van der Waals surface area contributed by atoms with E-state index in [1.807, 2.05) is 65.2 Å². The van der Waals surface area contributed by atoms with Gasteiger partial charge in [0.15, 0.2) is 0 Å². The smallest absolute Gasteiger partial charge is 0.150 e. The lowest BCUT2D eigenvalue weighted by Crippen LogP contribution is -1.95. The molecule has 0 aliphatic heterocycles. The van der Waals surface area contributed by atoms with Crippen molar-refractivity contribution in [3.05, 3.63) is 78.6 Å². The van der Waals surface area contributed by atoms with Crippen LogP contribution in [0.5, 0.6) is 0 Å². The molecule has 0 bridgehead atoms. The number of hydrogen-bond acceptors (Lipinski definition) is 3. The highest BCUT2D eigenvalue weighted by molar-refractivity contribution is 5.98. The van der Waals surface area contributed by atoms with Gasteiger partial charge < -0.3 is 5.73 Å². The minimum atomic E-state index is 0.596. The van der Waals surface area contributed by atoms with E-state index in [4.69, 9.17) is 5.73 Å². The number of para-hydroxylation sites is 1. The van der Waals surface area contributed by atoms with Crippen LogP contribution in [0.25, 0.3) is 27.8 Å². The Morgan fingerprint density at radius 3 is 2.54 bits per heavy atom. The van der Waals surface area contributed by atoms with Gasteiger partial charge in [-0.1, -0.05) is 30.3 Å². The number of fused-ring (bicyclic) bond motifs is 1. The Morgan fingerprint density at radius 2 is 1.79 bits per heavy atom. The van der Waals surface area contributed by atoms with Gasteiger partial charge in [0.1, 0.15) is 12.6 Å². The molecular weight excluding hydrogens is 298 g/mol. The number of nitrogens with zero attached hydrogens (tertiary/aromatic N) is 2. The maximum absolute atomic E-state index is 11.3. The Labute approximate surface area is 139 Å². The van der Waals surface area contributed by atoms with Crippen molar-refractivity contribution < 1.29 is 4.79 Å². The summed E-state index contributed by atoms with van der Waals surface area (Å²) in [6, 6.07) is 21.3. The molecule has 4 heteroatoms. The van der Waals surface area contributed by atoms with E-state index in [9.17, 15) is 4.79 Å². The molecule has 116 valence electrons. The fourth-order valence-corrected chi connectivity index (χ4v) is 2.95. The first-order valence-corrected chi connectivity index (χ1v) is 7.64. The second-order valence-electron chi connectivity index (χ2n) is 5.63. The molecule has 0 fully saturated rings. The molecule has 0 spiro atoms. The van der Waals surface area contributed by atoms with Crippen LogP contribution >= 0.6 is 0 Å². The van der Waals surface area contributed by atoms with E-state index in [1.165, 1.54) is 0 Å². The quantitative estimate of drug-likeness (QED) is 0.458. The monoisotopic (exact) mass is 313 g/mol. The SMILES string of the molecule is Nc1cccc(-c2cc(C=O)cc3ncn(-c4ccccc4)c23)c1. The van der Waals surface area contributed by atoms with Crippen molar-refractivity contribution in [1.29, 1.82) is 0 Å². The van der Waals surface area contributed by atoms with Crippen molar-refractivity contribution in [2.24, 2.45) is 0 Å². The van der Waals surface area contributed by atoms with Gasteiger partial charge in [-0.3, -0.25) is 9.36 Å². The van der Waals surface area contributed by atoms with Gasteiger partial charge >= 0.3 is 0 Å². The third-order valence-electron chi connectivity index (χ3n) is 4.03. The number of carbonyl (C=O) groups is 1. The Balaban J connectivity index is 2.06. The number of rotatable bonds is 3. The second-order valence-corrected chi connectivity index (χ2v) is 5.63. The van der Waals surface area contributed by atoms with Crippen LogP contribution in [0.4, 0.5) is 5.69 Å². The zero-order valence-corrected chi connectivity index (χ0v) is 12.9. The summed E-state index contributed by atoms with van der Waals surface area (Å²) in [4.78, 5) is 15.8. The van der Waals surface area contributed by atoms with E-state index in [2.05, 4.69) is 4.98 Å². The van der Waals surface area contributed by atoms with Crippen molar-refractivity contribution in [3.8, 4) is 16.8 Å². The molecule has 4 rings (SSSR count). The largest absolute Gasteiger partial charge is 0.399 e. The normalized spacial score (nSPS) is 10.8. The molecule has 0 unspecified atom stereocenters. The van der Waals surface area contributed by atoms with E-state index in [-0.39, 0.29) is 0 Å². The topological polar surface area (TPSA) is 60.9 Å². The predicted molar refractivity (Wildman–Crippen MR) is 96.3 cm³/mol. The first-order valence-electron chi connectivity index (χ1n) is 7.64. The van der Waals surface area contributed by atoms with Gasteiger partial charge in [0.05, 0.1) is 11.0 Å². The molecule has 3 aromatic carbocycles. The lowest BCUT2D eigenvalue weighted by Gasteiger charge is -2.10. The van der Waals surface area contributed by atoms with Gasteiger partial charge in [-0.05, 0) is 42.0 Å². The number of carbonyl (C=O) groups excluding carboxylic acids is 1. The number of benzene rings is 3. The van der Waals surface area contributed by atoms with E-state index < -0.39 is 0 Å². The third kappa shape index (κ3) is 2.34. The maximum atomic E-state index is 11.3. The average molecular weight is 313 g/mol. The zero-order valence-electron chi connectivity index (χ0n) is 12.9. The molecule has 0 saturated carbocycles. The summed E-state index contributed by atoms with van der Waals surface area (Å²) in [5.74, 6) is 0. The third-order valence-corrected chi connectivity index (χ3v) is 4.03. The molecule has 0 saturated heterocycles. The van der Waals surface area contributed by atoms with Gasteiger partial charge in [0.2, 0.25) is 0 Å². The molecule has 0 amide bonds. The van der Waals surface area contributed by atoms with Gasteiger partial charge in [0.25, 0.3) is 0 Å². The molecule has 0 aliphatic carbocycles. The Bertz CT molecular complexity index is 1040. The molecule has 4 aromatic rings. The van der Waals surface area contributed by atoms with Crippen LogP contribution in [0.15, 0.2) is 73.1 Å². The Morgan fingerprint density at radius 1 is 0.958 bits per heavy atom. The summed E-state index contributed by atoms with van der Waals surface area (Å²) in [5.41, 5.74) is 11.9. The minimum Gasteiger partial charge on any atom is -0.399 e. The summed E-state index contributed by atoms with van der Waals surface area (Å²) in [6.07, 6.45) is 2.63. The number of aldehydes is 1. The summed E-state index contributed by atoms with van der Waals surface area (Å²) < 4.78 is 2.03. The Hall–Kier alpha value is -3.40. The molecule has 2 N–H and O–H groups in total. The van der Waals surface area contributed by atoms with Crippen molar-refractivity contribution >= 4 is 23.0 Å². The molecular formula is C20H15N3O. The first-order chi connectivity index (χ1) is 11.8. The molecule has 0 aliphatic rings. The summed E-state index contributed by atoms with van der Waals surface area (Å²) >= 11 is 0. The molecule has 1 aromatic heterocycles. The number of imidazole rings is 1. The minimum absolute atomic E-state index is 0.596. The van der Waals surface area contributed by atoms with Gasteiger partial charge in [0, 0.05) is 22.5 Å². The van der Waals surface area contributed by atoms with Crippen LogP contribution in [-0.2, 0) is 0 Å². The van der Waals surface area contributed by atoms with Crippen molar-refractivity contribution in [3.63, 3.8) is 0 Å². The number of aromatic nitrogens is 2. The van der Waals surface area contributed by atoms with Crippen molar-refractivity contribution in [2.45, 2.75) is 0 Å². The Kier molecular flexibility index (Phi) is 3.35. The van der Waals surface area contributed by atoms with E-state index in [0.717, 1.165) is 34.1 Å². The lowest BCUT2D eigenvalue weighted by molar-refractivity contribution is 0.112. The van der Waals surface area contributed by atoms with Crippen molar-refractivity contribution in [1.82, 2.24) is 9.55 Å². The van der Waals surface area contributed by atoms with Crippen LogP contribution < -0.4 is 5.73 Å². The lowest BCUT2D eigenvalue weighted by atomic mass is 10.0. The predicted octanol–water partition coefficient (Wildman–Crippen LogP) is 4.09. The van der Waals surface area contributed by atoms with Gasteiger partial charge in [-0.15, -0.1) is 0 Å². The van der Waals surface area contributed by atoms with Crippen LogP contribution in [0.2, 0.25) is 0 Å². The van der Waals surface area contributed by atoms with Gasteiger partial charge in [-0.2, -0.15) is 0 Å². The summed E-state index contributed by atoms with van der Waals surface area (Å²) in [6.45, 7) is 0. The average Bonchev–Trinajstić information content (AvgIpc) is 3.05. The van der Waals surface area contributed by atoms with Crippen LogP contribution in [0.1, 0.15) is 10.4 Å². The van der Waals surface area contributed by atoms with E-state index in [1.54, 1.807) is 12.4 Å². The fraction of sp³-hybridized carbons (Fsp3) is 0. The highest BCUT2D eigenvalue weighted by atomic mass is 16.1. The molecule has 1 heterocycles. The van der Waals surface area contributed by atoms with Crippen LogP contribution in [-0.4, -0.2) is 15.8 Å². The number of anilines is 1. The van der Waals surface area contributed by atoms with Gasteiger partial charge in [-0.25, -0.2) is 4.98 Å². The molecule has 4 nitrogen and oxygen atoms in total. The second kappa shape index (κ2) is 5.66. The van der Waals surface area contributed by atoms with Crippen LogP contribution in [0.3, 0.4) is 0 Å². The maximum Gasteiger partial charge on any atom is 0.150 e. The highest BCUT2D eigenvalue weighted by Gasteiger charge is 2.13. The number of hydrogen-bond donors (Lipinski definition) is 1. The summed E-state index contributed by atoms with van der Waals surface area (Å²) in [5, 5.41) is 0. The fourth-order valence-electron chi connectivity index (χ4n) is 2.95. The molecule has 0 atom stereocenters. The zero-order chi connectivity index (χ0) is 16.5. The number of nitrogens with two attached hydrogens (primary N) is 1. The van der Waals surface area contributed by atoms with Crippen LogP contribution in [0, 0.1) is 0 Å². The van der Waals surface area contributed by atoms with Crippen molar-refractivity contribution in [2.75, 3.05) is 5.73 Å². The number of nitrogen functional groups attached to an aromatic ring is 1. The van der Waals surface area contributed by atoms with E-state index in [0.29, 0.717) is 11.3 Å². The highest BCUT2D eigenvalue weighted by Crippen LogP contribution is 2.32. The molecule has 0 radical (unpaired) electrons. The first kappa shape index (κ1) is 14.2. The standard InChI is InChI=1S/C20H15N3O/c21-16-6-4-5-15(11-16)18-9-14(12-24)10-19-20(18)23(13-22-19)17-7-2-1-3-8-17/h1-13H,21H2. The summed E-state index contributed by atoms with van der Waals surface area (Å²) in [7, 11) is 0.